The summed E-state index contributed by atoms with van der Waals surface area (Å²) in [6.07, 6.45) is 0. The molecule has 0 spiro atoms. The van der Waals surface area contributed by atoms with Gasteiger partial charge in [-0.1, -0.05) is 69.6 Å². The summed E-state index contributed by atoms with van der Waals surface area (Å²) < 4.78 is 29.7. The molecule has 3 rings (SSSR count). The number of phosphoric ester groups is 1. The van der Waals surface area contributed by atoms with Crippen LogP contribution in [0, 0.1) is 30.3 Å². The zero-order valence-corrected chi connectivity index (χ0v) is 23.0. The van der Waals surface area contributed by atoms with Crippen LogP contribution in [0.1, 0.15) is 0 Å². The lowest BCUT2D eigenvalue weighted by atomic mass is 10.3. The van der Waals surface area contributed by atoms with E-state index in [9.17, 15) is 34.9 Å². The highest BCUT2D eigenvalue weighted by Crippen LogP contribution is 2.56. The van der Waals surface area contributed by atoms with Crippen molar-refractivity contribution in [2.45, 2.75) is 0 Å². The molecule has 13 nitrogen and oxygen atoms in total. The highest BCUT2D eigenvalue weighted by molar-refractivity contribution is 7.49. The fraction of sp³-hybridized carbons (Fsp3) is 0. The summed E-state index contributed by atoms with van der Waals surface area (Å²) in [6, 6.07) is 5.37. The molecule has 0 heterocycles. The van der Waals surface area contributed by atoms with Crippen LogP contribution in [0.5, 0.6) is 17.2 Å². The maximum Gasteiger partial charge on any atom is 0.647 e. The normalized spacial score (nSPS) is 11.1. The predicted octanol–water partition coefficient (Wildman–Crippen LogP) is 8.98. The third-order valence-electron chi connectivity index (χ3n) is 4.30. The summed E-state index contributed by atoms with van der Waals surface area (Å²) in [5.74, 6) is -1.63. The Morgan fingerprint density at radius 3 is 0.947 bits per heavy atom. The second kappa shape index (κ2) is 11.5. The lowest BCUT2D eigenvalue weighted by Gasteiger charge is -2.21. The first-order chi connectivity index (χ1) is 17.7. The van der Waals surface area contributed by atoms with Crippen LogP contribution >= 0.6 is 77.4 Å². The van der Waals surface area contributed by atoms with Crippen LogP contribution in [-0.2, 0) is 4.57 Å². The number of rotatable bonds is 9. The Hall–Kier alpha value is -2.77. The SMILES string of the molecule is O=[N+]([O-])c1ccc(OP(=O)(Oc2ccc([N+](=O)[O-])c(Cl)c2Cl)Oc2ccc([N+](=O)[O-])c(Cl)c2Cl)c(Cl)c1Cl. The molecule has 0 aromatic heterocycles. The molecule has 0 aliphatic rings. The van der Waals surface area contributed by atoms with Crippen molar-refractivity contribution in [2.75, 3.05) is 0 Å². The van der Waals surface area contributed by atoms with E-state index in [4.69, 9.17) is 83.2 Å². The summed E-state index contributed by atoms with van der Waals surface area (Å²) in [4.78, 5) is 30.8. The Kier molecular flexibility index (Phi) is 9.04. The molecule has 0 unspecified atom stereocenters. The molecule has 0 amide bonds. The van der Waals surface area contributed by atoms with Gasteiger partial charge in [0.25, 0.3) is 17.1 Å². The Bertz CT molecular complexity index is 1380. The number of nitro groups is 3. The number of hydrogen-bond donors (Lipinski definition) is 0. The minimum atomic E-state index is -5.08. The summed E-state index contributed by atoms with van der Waals surface area (Å²) in [6.45, 7) is 0. The van der Waals surface area contributed by atoms with Crippen molar-refractivity contribution in [3.63, 3.8) is 0 Å². The number of halogens is 6. The van der Waals surface area contributed by atoms with Crippen LogP contribution < -0.4 is 13.6 Å². The minimum Gasteiger partial charge on any atom is -0.384 e. The van der Waals surface area contributed by atoms with Crippen LogP contribution in [0.3, 0.4) is 0 Å². The van der Waals surface area contributed by atoms with Gasteiger partial charge in [0.15, 0.2) is 17.2 Å². The van der Waals surface area contributed by atoms with Gasteiger partial charge < -0.3 is 13.6 Å². The van der Waals surface area contributed by atoms with Gasteiger partial charge in [-0.3, -0.25) is 30.3 Å². The summed E-state index contributed by atoms with van der Waals surface area (Å²) in [5, 5.41) is 29.8. The Morgan fingerprint density at radius 2 is 0.737 bits per heavy atom. The quantitative estimate of drug-likeness (QED) is 0.122. The molecule has 0 aliphatic carbocycles. The van der Waals surface area contributed by atoms with E-state index < -0.39 is 87.0 Å². The third kappa shape index (κ3) is 6.10. The standard InChI is InChI=1S/C18H6Cl6N3O10P/c19-13-7(25(28)29)1-4-10(16(13)22)35-38(34,36-11-5-2-8(26(30)31)14(20)17(11)23)37-12-6-3-9(27(32)33)15(21)18(12)24/h1-6H. The maximum atomic E-state index is 13.8. The van der Waals surface area contributed by atoms with Crippen LogP contribution in [0.4, 0.5) is 17.1 Å². The number of hydrogen-bond acceptors (Lipinski definition) is 10. The molecule has 200 valence electrons. The van der Waals surface area contributed by atoms with Gasteiger partial charge in [0, 0.05) is 18.2 Å². The van der Waals surface area contributed by atoms with Crippen LogP contribution in [0.15, 0.2) is 36.4 Å². The number of nitrogens with zero attached hydrogens (tertiary/aromatic N) is 3. The van der Waals surface area contributed by atoms with Gasteiger partial charge in [-0.05, 0) is 18.2 Å². The molecule has 3 aromatic rings. The smallest absolute Gasteiger partial charge is 0.384 e. The first kappa shape index (κ1) is 29.8. The molecular weight excluding hydrogens is 662 g/mol. The van der Waals surface area contributed by atoms with E-state index in [1.54, 1.807) is 0 Å². The predicted molar refractivity (Wildman–Crippen MR) is 139 cm³/mol. The van der Waals surface area contributed by atoms with Gasteiger partial charge in [0.2, 0.25) is 0 Å². The molecule has 0 saturated heterocycles. The largest absolute Gasteiger partial charge is 0.647 e. The van der Waals surface area contributed by atoms with Crippen LogP contribution in [0.2, 0.25) is 30.1 Å². The zero-order valence-electron chi connectivity index (χ0n) is 17.6. The minimum absolute atomic E-state index is 0.543. The monoisotopic (exact) mass is 665 g/mol. The Labute approximate surface area is 240 Å². The Balaban J connectivity index is 2.13. The van der Waals surface area contributed by atoms with Gasteiger partial charge in [0.05, 0.1) is 14.8 Å². The molecule has 0 saturated carbocycles. The highest BCUT2D eigenvalue weighted by Gasteiger charge is 2.38. The summed E-state index contributed by atoms with van der Waals surface area (Å²) >= 11 is 35.8. The molecule has 3 aromatic carbocycles. The molecule has 0 aliphatic heterocycles. The average Bonchev–Trinajstić information content (AvgIpc) is 2.82. The van der Waals surface area contributed by atoms with Gasteiger partial charge in [-0.15, -0.1) is 0 Å². The highest BCUT2D eigenvalue weighted by atomic mass is 35.5. The first-order valence-electron chi connectivity index (χ1n) is 9.22. The molecule has 0 N–H and O–H groups in total. The van der Waals surface area contributed by atoms with Crippen molar-refractivity contribution in [2.24, 2.45) is 0 Å². The zero-order chi connectivity index (χ0) is 28.5. The fourth-order valence-corrected chi connectivity index (χ4v) is 5.34. The lowest BCUT2D eigenvalue weighted by Crippen LogP contribution is -2.09. The second-order valence-corrected chi connectivity index (χ2v) is 10.3. The van der Waals surface area contributed by atoms with Crippen molar-refractivity contribution in [1.82, 2.24) is 0 Å². The summed E-state index contributed by atoms with van der Waals surface area (Å²) in [7, 11) is -5.08. The number of benzene rings is 3. The van der Waals surface area contributed by atoms with E-state index in [2.05, 4.69) is 0 Å². The average molecular weight is 668 g/mol. The van der Waals surface area contributed by atoms with E-state index in [1.165, 1.54) is 0 Å². The van der Waals surface area contributed by atoms with Gasteiger partial charge in [-0.25, -0.2) is 0 Å². The van der Waals surface area contributed by atoms with Gasteiger partial charge in [-0.2, -0.15) is 4.57 Å². The number of phosphoric acid groups is 1. The number of nitro benzene ring substituents is 3. The Morgan fingerprint density at radius 1 is 0.500 bits per heavy atom. The van der Waals surface area contributed by atoms with Crippen molar-refractivity contribution >= 4 is 94.5 Å². The van der Waals surface area contributed by atoms with Crippen molar-refractivity contribution in [3.8, 4) is 17.2 Å². The molecule has 20 heteroatoms. The third-order valence-corrected chi connectivity index (χ3v) is 8.12. The van der Waals surface area contributed by atoms with E-state index in [1.807, 2.05) is 0 Å². The second-order valence-electron chi connectivity index (χ2n) is 6.62. The summed E-state index contributed by atoms with van der Waals surface area (Å²) in [5.41, 5.74) is -1.84. The van der Waals surface area contributed by atoms with Crippen molar-refractivity contribution in [1.29, 1.82) is 0 Å². The maximum absolute atomic E-state index is 13.8. The molecule has 0 radical (unpaired) electrons. The van der Waals surface area contributed by atoms with Crippen molar-refractivity contribution in [3.05, 3.63) is 96.9 Å². The van der Waals surface area contributed by atoms with E-state index in [-0.39, 0.29) is 0 Å². The molecule has 0 atom stereocenters. The van der Waals surface area contributed by atoms with E-state index in [0.29, 0.717) is 0 Å². The molecular formula is C18H6Cl6N3O10P. The first-order valence-corrected chi connectivity index (χ1v) is 13.0. The van der Waals surface area contributed by atoms with Gasteiger partial charge in [0.1, 0.15) is 30.1 Å². The molecule has 0 bridgehead atoms. The van der Waals surface area contributed by atoms with E-state index in [0.717, 1.165) is 36.4 Å². The fourth-order valence-electron chi connectivity index (χ4n) is 2.62. The van der Waals surface area contributed by atoms with Crippen LogP contribution in [-0.4, -0.2) is 14.8 Å². The van der Waals surface area contributed by atoms with E-state index >= 15 is 0 Å². The van der Waals surface area contributed by atoms with Crippen molar-refractivity contribution < 1.29 is 32.9 Å². The molecule has 0 fully saturated rings. The van der Waals surface area contributed by atoms with Gasteiger partial charge >= 0.3 is 7.82 Å². The van der Waals surface area contributed by atoms with Crippen LogP contribution in [0.25, 0.3) is 0 Å². The topological polar surface area (TPSA) is 174 Å². The lowest BCUT2D eigenvalue weighted by molar-refractivity contribution is -0.384. The molecule has 38 heavy (non-hydrogen) atoms.